The SMILES string of the molecule is Cc1cc(I)ccc1NC(=O)/C=C/c1ccco1. The van der Waals surface area contributed by atoms with Crippen LogP contribution in [0.25, 0.3) is 6.08 Å². The molecule has 1 amide bonds. The zero-order chi connectivity index (χ0) is 13.0. The second-order valence-electron chi connectivity index (χ2n) is 3.80. The molecule has 0 aliphatic carbocycles. The zero-order valence-corrected chi connectivity index (χ0v) is 12.0. The fourth-order valence-electron chi connectivity index (χ4n) is 1.49. The summed E-state index contributed by atoms with van der Waals surface area (Å²) in [4.78, 5) is 11.7. The van der Waals surface area contributed by atoms with Crippen LogP contribution in [0.2, 0.25) is 0 Å². The highest BCUT2D eigenvalue weighted by Gasteiger charge is 2.02. The molecular weight excluding hydrogens is 341 g/mol. The van der Waals surface area contributed by atoms with Crippen LogP contribution in [0, 0.1) is 10.5 Å². The van der Waals surface area contributed by atoms with Crippen molar-refractivity contribution in [1.29, 1.82) is 0 Å². The number of halogens is 1. The number of amides is 1. The first kappa shape index (κ1) is 12.9. The van der Waals surface area contributed by atoms with Crippen molar-refractivity contribution in [3.8, 4) is 0 Å². The van der Waals surface area contributed by atoms with Crippen molar-refractivity contribution in [2.24, 2.45) is 0 Å². The van der Waals surface area contributed by atoms with Gasteiger partial charge in [0.15, 0.2) is 0 Å². The van der Waals surface area contributed by atoms with Gasteiger partial charge in [-0.1, -0.05) is 0 Å². The largest absolute Gasteiger partial charge is 0.465 e. The molecule has 18 heavy (non-hydrogen) atoms. The third-order valence-electron chi connectivity index (χ3n) is 2.39. The molecule has 92 valence electrons. The third-order valence-corrected chi connectivity index (χ3v) is 3.06. The van der Waals surface area contributed by atoms with Crippen molar-refractivity contribution in [3.63, 3.8) is 0 Å². The molecular formula is C14H12INO2. The molecule has 0 aliphatic heterocycles. The second-order valence-corrected chi connectivity index (χ2v) is 5.04. The van der Waals surface area contributed by atoms with E-state index in [0.29, 0.717) is 5.76 Å². The lowest BCUT2D eigenvalue weighted by Gasteiger charge is -2.06. The minimum Gasteiger partial charge on any atom is -0.465 e. The van der Waals surface area contributed by atoms with Crippen LogP contribution in [0.5, 0.6) is 0 Å². The Hall–Kier alpha value is -1.56. The van der Waals surface area contributed by atoms with E-state index in [0.717, 1.165) is 14.8 Å². The van der Waals surface area contributed by atoms with E-state index in [1.54, 1.807) is 24.5 Å². The molecule has 1 aromatic heterocycles. The second kappa shape index (κ2) is 5.86. The lowest BCUT2D eigenvalue weighted by Crippen LogP contribution is -2.08. The summed E-state index contributed by atoms with van der Waals surface area (Å²) in [6.45, 7) is 1.97. The smallest absolute Gasteiger partial charge is 0.248 e. The molecule has 0 bridgehead atoms. The molecule has 2 rings (SSSR count). The zero-order valence-electron chi connectivity index (χ0n) is 9.81. The monoisotopic (exact) mass is 353 g/mol. The van der Waals surface area contributed by atoms with E-state index in [4.69, 9.17) is 4.42 Å². The summed E-state index contributed by atoms with van der Waals surface area (Å²) in [6.07, 6.45) is 4.66. The Morgan fingerprint density at radius 1 is 1.39 bits per heavy atom. The third kappa shape index (κ3) is 3.46. The molecule has 0 aliphatic rings. The molecule has 3 nitrogen and oxygen atoms in total. The topological polar surface area (TPSA) is 42.2 Å². The number of anilines is 1. The number of carbonyl (C=O) groups excluding carboxylic acids is 1. The van der Waals surface area contributed by atoms with Crippen molar-refractivity contribution in [2.75, 3.05) is 5.32 Å². The van der Waals surface area contributed by atoms with Crippen LogP contribution >= 0.6 is 22.6 Å². The van der Waals surface area contributed by atoms with Gasteiger partial charge in [-0.2, -0.15) is 0 Å². The van der Waals surface area contributed by atoms with Crippen LogP contribution in [0.1, 0.15) is 11.3 Å². The van der Waals surface area contributed by atoms with Crippen LogP contribution in [0.4, 0.5) is 5.69 Å². The summed E-state index contributed by atoms with van der Waals surface area (Å²) in [5.74, 6) is 0.486. The Kier molecular flexibility index (Phi) is 4.19. The molecule has 2 aromatic rings. The Bertz CT molecular complexity index is 573. The summed E-state index contributed by atoms with van der Waals surface area (Å²) in [5, 5.41) is 2.83. The van der Waals surface area contributed by atoms with E-state index in [1.807, 2.05) is 25.1 Å². The van der Waals surface area contributed by atoms with Gasteiger partial charge in [0.25, 0.3) is 0 Å². The minimum absolute atomic E-state index is 0.171. The quantitative estimate of drug-likeness (QED) is 0.673. The van der Waals surface area contributed by atoms with Crippen LogP contribution in [-0.2, 0) is 4.79 Å². The first-order valence-corrected chi connectivity index (χ1v) is 6.52. The number of aryl methyl sites for hydroxylation is 1. The van der Waals surface area contributed by atoms with Gasteiger partial charge in [-0.3, -0.25) is 4.79 Å². The van der Waals surface area contributed by atoms with Gasteiger partial charge in [0, 0.05) is 15.3 Å². The van der Waals surface area contributed by atoms with Crippen LogP contribution < -0.4 is 5.32 Å². The predicted octanol–water partition coefficient (Wildman–Crippen LogP) is 3.84. The summed E-state index contributed by atoms with van der Waals surface area (Å²) in [7, 11) is 0. The summed E-state index contributed by atoms with van der Waals surface area (Å²) < 4.78 is 6.25. The standard InChI is InChI=1S/C14H12INO2/c1-10-9-11(15)4-6-13(10)16-14(17)7-5-12-3-2-8-18-12/h2-9H,1H3,(H,16,17)/b7-5+. The van der Waals surface area contributed by atoms with E-state index in [1.165, 1.54) is 6.08 Å². The molecule has 0 spiro atoms. The summed E-state index contributed by atoms with van der Waals surface area (Å²) in [6, 6.07) is 9.45. The molecule has 0 saturated heterocycles. The maximum atomic E-state index is 11.7. The van der Waals surface area contributed by atoms with E-state index in [2.05, 4.69) is 27.9 Å². The fraction of sp³-hybridized carbons (Fsp3) is 0.0714. The normalized spacial score (nSPS) is 10.8. The maximum absolute atomic E-state index is 11.7. The number of hydrogen-bond donors (Lipinski definition) is 1. The first-order valence-electron chi connectivity index (χ1n) is 5.44. The van der Waals surface area contributed by atoms with Gasteiger partial charge in [0.2, 0.25) is 5.91 Å². The minimum atomic E-state index is -0.171. The number of nitrogens with one attached hydrogen (secondary N) is 1. The molecule has 0 atom stereocenters. The number of carbonyl (C=O) groups is 1. The lowest BCUT2D eigenvalue weighted by atomic mass is 10.2. The molecule has 0 saturated carbocycles. The lowest BCUT2D eigenvalue weighted by molar-refractivity contribution is -0.111. The molecule has 0 unspecified atom stereocenters. The number of hydrogen-bond acceptors (Lipinski definition) is 2. The van der Waals surface area contributed by atoms with Gasteiger partial charge in [-0.15, -0.1) is 0 Å². The number of furan rings is 1. The van der Waals surface area contributed by atoms with Crippen LogP contribution in [-0.4, -0.2) is 5.91 Å². The van der Waals surface area contributed by atoms with Crippen LogP contribution in [0.15, 0.2) is 47.1 Å². The van der Waals surface area contributed by atoms with Crippen molar-refractivity contribution in [1.82, 2.24) is 0 Å². The van der Waals surface area contributed by atoms with Gasteiger partial charge in [-0.05, 0) is 71.5 Å². The van der Waals surface area contributed by atoms with Crippen molar-refractivity contribution >= 4 is 40.3 Å². The highest BCUT2D eigenvalue weighted by Crippen LogP contribution is 2.17. The van der Waals surface area contributed by atoms with Gasteiger partial charge >= 0.3 is 0 Å². The summed E-state index contributed by atoms with van der Waals surface area (Å²) >= 11 is 2.24. The van der Waals surface area contributed by atoms with Gasteiger partial charge in [-0.25, -0.2) is 0 Å². The predicted molar refractivity (Wildman–Crippen MR) is 80.3 cm³/mol. The molecule has 1 aromatic carbocycles. The molecule has 0 fully saturated rings. The Morgan fingerprint density at radius 3 is 2.89 bits per heavy atom. The van der Waals surface area contributed by atoms with E-state index in [-0.39, 0.29) is 5.91 Å². The molecule has 0 radical (unpaired) electrons. The molecule has 1 heterocycles. The summed E-state index contributed by atoms with van der Waals surface area (Å²) in [5.41, 5.74) is 1.87. The number of benzene rings is 1. The maximum Gasteiger partial charge on any atom is 0.248 e. The van der Waals surface area contributed by atoms with E-state index < -0.39 is 0 Å². The first-order chi connectivity index (χ1) is 8.65. The van der Waals surface area contributed by atoms with E-state index >= 15 is 0 Å². The Labute approximate surface area is 119 Å². The highest BCUT2D eigenvalue weighted by molar-refractivity contribution is 14.1. The molecule has 4 heteroatoms. The van der Waals surface area contributed by atoms with Crippen LogP contribution in [0.3, 0.4) is 0 Å². The van der Waals surface area contributed by atoms with Crippen molar-refractivity contribution in [3.05, 3.63) is 57.6 Å². The molecule has 1 N–H and O–H groups in total. The average molecular weight is 353 g/mol. The fourth-order valence-corrected chi connectivity index (χ4v) is 2.13. The Balaban J connectivity index is 2.03. The average Bonchev–Trinajstić information content (AvgIpc) is 2.83. The van der Waals surface area contributed by atoms with Gasteiger partial charge in [0.1, 0.15) is 5.76 Å². The van der Waals surface area contributed by atoms with Gasteiger partial charge < -0.3 is 9.73 Å². The van der Waals surface area contributed by atoms with Crippen molar-refractivity contribution < 1.29 is 9.21 Å². The highest BCUT2D eigenvalue weighted by atomic mass is 127. The Morgan fingerprint density at radius 2 is 2.22 bits per heavy atom. The van der Waals surface area contributed by atoms with Gasteiger partial charge in [0.05, 0.1) is 6.26 Å². The number of rotatable bonds is 3. The van der Waals surface area contributed by atoms with E-state index in [9.17, 15) is 4.79 Å². The van der Waals surface area contributed by atoms with Crippen molar-refractivity contribution in [2.45, 2.75) is 6.92 Å².